The SMILES string of the molecule is CC(CCCc1ccc(F)cc1)(Cn1ccnc1)Sc1c(Cl)cccc1Cl. The number of aryl methyl sites for hydroxylation is 1. The highest BCUT2D eigenvalue weighted by Gasteiger charge is 2.28. The number of rotatable bonds is 8. The van der Waals surface area contributed by atoms with E-state index in [-0.39, 0.29) is 10.6 Å². The summed E-state index contributed by atoms with van der Waals surface area (Å²) in [7, 11) is 0. The molecule has 0 amide bonds. The smallest absolute Gasteiger partial charge is 0.123 e. The minimum absolute atomic E-state index is 0.116. The van der Waals surface area contributed by atoms with Crippen molar-refractivity contribution in [3.05, 3.63) is 82.6 Å². The van der Waals surface area contributed by atoms with Crippen LogP contribution in [-0.4, -0.2) is 14.3 Å². The second-order valence-electron chi connectivity index (χ2n) is 6.82. The second-order valence-corrected chi connectivity index (χ2v) is 9.23. The molecule has 0 N–H and O–H groups in total. The van der Waals surface area contributed by atoms with Gasteiger partial charge in [-0.05, 0) is 56.0 Å². The topological polar surface area (TPSA) is 17.8 Å². The maximum atomic E-state index is 13.1. The van der Waals surface area contributed by atoms with Crippen LogP contribution in [0.15, 0.2) is 66.1 Å². The number of nitrogens with zero attached hydrogens (tertiary/aromatic N) is 2. The molecule has 3 rings (SSSR count). The highest BCUT2D eigenvalue weighted by Crippen LogP contribution is 2.44. The van der Waals surface area contributed by atoms with Crippen molar-refractivity contribution in [1.82, 2.24) is 9.55 Å². The van der Waals surface area contributed by atoms with Crippen molar-refractivity contribution in [2.75, 3.05) is 0 Å². The molecule has 1 atom stereocenters. The summed E-state index contributed by atoms with van der Waals surface area (Å²) < 4.78 is 15.1. The third-order valence-electron chi connectivity index (χ3n) is 4.43. The molecule has 0 aliphatic heterocycles. The standard InChI is InChI=1S/C21H21Cl2FN2S/c1-21(14-26-13-12-25-15-26,27-20-18(22)5-2-6-19(20)23)11-3-4-16-7-9-17(24)10-8-16/h2,5-10,12-13,15H,3-4,11,14H2,1H3. The zero-order valence-corrected chi connectivity index (χ0v) is 17.4. The van der Waals surface area contributed by atoms with Gasteiger partial charge in [-0.25, -0.2) is 9.37 Å². The maximum absolute atomic E-state index is 13.1. The van der Waals surface area contributed by atoms with Gasteiger partial charge in [0.25, 0.3) is 0 Å². The van der Waals surface area contributed by atoms with Gasteiger partial charge in [-0.3, -0.25) is 0 Å². The van der Waals surface area contributed by atoms with Gasteiger partial charge in [0.2, 0.25) is 0 Å². The van der Waals surface area contributed by atoms with E-state index in [1.54, 1.807) is 18.0 Å². The van der Waals surface area contributed by atoms with E-state index in [2.05, 4.69) is 16.5 Å². The summed E-state index contributed by atoms with van der Waals surface area (Å²) >= 11 is 14.5. The average Bonchev–Trinajstić information content (AvgIpc) is 3.13. The van der Waals surface area contributed by atoms with Crippen molar-refractivity contribution in [2.24, 2.45) is 0 Å². The van der Waals surface area contributed by atoms with E-state index in [1.807, 2.05) is 42.9 Å². The lowest BCUT2D eigenvalue weighted by Crippen LogP contribution is -2.27. The fraction of sp³-hybridized carbons (Fsp3) is 0.286. The van der Waals surface area contributed by atoms with Gasteiger partial charge in [0.1, 0.15) is 5.82 Å². The Morgan fingerprint density at radius 2 is 1.81 bits per heavy atom. The molecule has 2 aromatic carbocycles. The maximum Gasteiger partial charge on any atom is 0.123 e. The van der Waals surface area contributed by atoms with E-state index in [9.17, 15) is 4.39 Å². The molecule has 0 saturated carbocycles. The largest absolute Gasteiger partial charge is 0.336 e. The molecule has 1 heterocycles. The number of imidazole rings is 1. The Morgan fingerprint density at radius 1 is 1.11 bits per heavy atom. The fourth-order valence-corrected chi connectivity index (χ4v) is 4.99. The van der Waals surface area contributed by atoms with Gasteiger partial charge in [0.15, 0.2) is 0 Å². The minimum Gasteiger partial charge on any atom is -0.336 e. The molecule has 3 aromatic rings. The van der Waals surface area contributed by atoms with Crippen molar-refractivity contribution in [2.45, 2.75) is 42.4 Å². The Bertz CT molecular complexity index is 848. The molecule has 27 heavy (non-hydrogen) atoms. The van der Waals surface area contributed by atoms with Crippen LogP contribution >= 0.6 is 35.0 Å². The molecule has 1 unspecified atom stereocenters. The van der Waals surface area contributed by atoms with Crippen LogP contribution < -0.4 is 0 Å². The molecule has 0 aliphatic carbocycles. The van der Waals surface area contributed by atoms with Crippen molar-refractivity contribution < 1.29 is 4.39 Å². The number of hydrogen-bond donors (Lipinski definition) is 0. The first-order valence-electron chi connectivity index (χ1n) is 8.78. The molecule has 0 bridgehead atoms. The Morgan fingerprint density at radius 3 is 2.44 bits per heavy atom. The molecular weight excluding hydrogens is 402 g/mol. The summed E-state index contributed by atoms with van der Waals surface area (Å²) in [6.45, 7) is 3.02. The molecule has 0 radical (unpaired) electrons. The van der Waals surface area contributed by atoms with Crippen LogP contribution in [0, 0.1) is 5.82 Å². The Balaban J connectivity index is 1.74. The van der Waals surface area contributed by atoms with Crippen molar-refractivity contribution in [3.8, 4) is 0 Å². The van der Waals surface area contributed by atoms with E-state index in [0.717, 1.165) is 36.3 Å². The highest BCUT2D eigenvalue weighted by atomic mass is 35.5. The zero-order valence-electron chi connectivity index (χ0n) is 15.0. The predicted molar refractivity (Wildman–Crippen MR) is 112 cm³/mol. The lowest BCUT2D eigenvalue weighted by atomic mass is 10.00. The number of halogens is 3. The normalized spacial score (nSPS) is 13.5. The summed E-state index contributed by atoms with van der Waals surface area (Å²) in [5.41, 5.74) is 1.14. The van der Waals surface area contributed by atoms with E-state index < -0.39 is 0 Å². The first-order chi connectivity index (χ1) is 13.0. The van der Waals surface area contributed by atoms with Crippen LogP contribution in [0.4, 0.5) is 4.39 Å². The van der Waals surface area contributed by atoms with E-state index in [1.165, 1.54) is 12.1 Å². The van der Waals surface area contributed by atoms with Gasteiger partial charge in [0, 0.05) is 28.6 Å². The first kappa shape index (κ1) is 20.2. The third-order valence-corrected chi connectivity index (χ3v) is 6.75. The molecule has 142 valence electrons. The van der Waals surface area contributed by atoms with E-state index in [0.29, 0.717) is 10.0 Å². The predicted octanol–water partition coefficient (Wildman–Crippen LogP) is 6.90. The lowest BCUT2D eigenvalue weighted by Gasteiger charge is -2.30. The number of thioether (sulfide) groups is 1. The van der Waals surface area contributed by atoms with Crippen molar-refractivity contribution in [1.29, 1.82) is 0 Å². The van der Waals surface area contributed by atoms with Gasteiger partial charge in [0.05, 0.1) is 16.4 Å². The van der Waals surface area contributed by atoms with Gasteiger partial charge in [-0.2, -0.15) is 0 Å². The number of hydrogen-bond acceptors (Lipinski definition) is 2. The zero-order chi connectivity index (χ0) is 19.3. The number of aromatic nitrogens is 2. The summed E-state index contributed by atoms with van der Waals surface area (Å²) in [6, 6.07) is 12.3. The van der Waals surface area contributed by atoms with E-state index in [4.69, 9.17) is 23.2 Å². The molecule has 2 nitrogen and oxygen atoms in total. The van der Waals surface area contributed by atoms with Crippen LogP contribution in [0.5, 0.6) is 0 Å². The molecule has 0 spiro atoms. The summed E-state index contributed by atoms with van der Waals surface area (Å²) in [5, 5.41) is 1.34. The van der Waals surface area contributed by atoms with Gasteiger partial charge in [-0.1, -0.05) is 41.4 Å². The summed E-state index contributed by atoms with van der Waals surface area (Å²) in [4.78, 5) is 5.06. The molecule has 6 heteroatoms. The fourth-order valence-electron chi connectivity index (χ4n) is 3.07. The van der Waals surface area contributed by atoms with Crippen LogP contribution in [0.1, 0.15) is 25.3 Å². The van der Waals surface area contributed by atoms with Crippen LogP contribution in [0.2, 0.25) is 10.0 Å². The average molecular weight is 423 g/mol. The highest BCUT2D eigenvalue weighted by molar-refractivity contribution is 8.00. The Hall–Kier alpha value is -1.49. The minimum atomic E-state index is -0.201. The second kappa shape index (κ2) is 9.13. The third kappa shape index (κ3) is 5.74. The molecule has 0 fully saturated rings. The molecular formula is C21H21Cl2FN2S. The Kier molecular flexibility index (Phi) is 6.85. The van der Waals surface area contributed by atoms with Crippen molar-refractivity contribution in [3.63, 3.8) is 0 Å². The Labute approximate surface area is 173 Å². The lowest BCUT2D eigenvalue weighted by molar-refractivity contribution is 0.480. The quantitative estimate of drug-likeness (QED) is 0.367. The number of benzene rings is 2. The van der Waals surface area contributed by atoms with E-state index >= 15 is 0 Å². The first-order valence-corrected chi connectivity index (χ1v) is 10.4. The molecule has 0 saturated heterocycles. The van der Waals surface area contributed by atoms with Crippen molar-refractivity contribution >= 4 is 35.0 Å². The molecule has 0 aliphatic rings. The summed E-state index contributed by atoms with van der Waals surface area (Å²) in [6.07, 6.45) is 8.41. The van der Waals surface area contributed by atoms with Crippen LogP contribution in [0.3, 0.4) is 0 Å². The van der Waals surface area contributed by atoms with Crippen LogP contribution in [0.25, 0.3) is 0 Å². The monoisotopic (exact) mass is 422 g/mol. The van der Waals surface area contributed by atoms with Gasteiger partial charge in [-0.15, -0.1) is 11.8 Å². The van der Waals surface area contributed by atoms with Crippen LogP contribution in [-0.2, 0) is 13.0 Å². The van der Waals surface area contributed by atoms with Gasteiger partial charge >= 0.3 is 0 Å². The van der Waals surface area contributed by atoms with Gasteiger partial charge < -0.3 is 4.57 Å². The summed E-state index contributed by atoms with van der Waals surface area (Å²) in [5.74, 6) is -0.201. The molecule has 1 aromatic heterocycles.